The number of carbonyl (C=O) groups excluding carboxylic acids is 2. The number of fused-ring (bicyclic) bond motifs is 1. The van der Waals surface area contributed by atoms with E-state index in [4.69, 9.17) is 14.3 Å². The fraction of sp³-hybridized carbons (Fsp3) is 0.467. The lowest BCUT2D eigenvalue weighted by molar-refractivity contribution is -0.154. The van der Waals surface area contributed by atoms with Gasteiger partial charge in [0.2, 0.25) is 0 Å². The highest BCUT2D eigenvalue weighted by Crippen LogP contribution is 2.38. The molecule has 0 amide bonds. The summed E-state index contributed by atoms with van der Waals surface area (Å²) in [7, 11) is -1.01. The molecule has 2 aliphatic heterocycles. The summed E-state index contributed by atoms with van der Waals surface area (Å²) in [6.07, 6.45) is 5.76. The molecule has 214 valence electrons. The zero-order chi connectivity index (χ0) is 28.8. The molecule has 40 heavy (non-hydrogen) atoms. The van der Waals surface area contributed by atoms with Crippen LogP contribution in [0.15, 0.2) is 35.9 Å². The molecule has 0 bridgehead atoms. The van der Waals surface area contributed by atoms with Gasteiger partial charge in [-0.05, 0) is 81.2 Å². The summed E-state index contributed by atoms with van der Waals surface area (Å²) >= 11 is 0. The van der Waals surface area contributed by atoms with Gasteiger partial charge in [-0.2, -0.15) is 0 Å². The minimum atomic E-state index is -1.01. The van der Waals surface area contributed by atoms with Crippen LogP contribution in [-0.2, 0) is 44.7 Å². The Kier molecular flexibility index (Phi) is 9.95. The number of para-hydroxylation sites is 1. The number of rotatable bonds is 12. The minimum absolute atomic E-state index is 0.00407. The van der Waals surface area contributed by atoms with Gasteiger partial charge in [0.15, 0.2) is 11.8 Å². The van der Waals surface area contributed by atoms with Crippen LogP contribution in [-0.4, -0.2) is 47.1 Å². The van der Waals surface area contributed by atoms with Crippen molar-refractivity contribution in [2.45, 2.75) is 78.5 Å². The summed E-state index contributed by atoms with van der Waals surface area (Å²) in [4.78, 5) is 31.9. The Balaban J connectivity index is 1.46. The van der Waals surface area contributed by atoms with Gasteiger partial charge in [0.25, 0.3) is 0 Å². The van der Waals surface area contributed by atoms with Crippen LogP contribution < -0.4 is 10.2 Å². The second kappa shape index (κ2) is 13.4. The molecule has 0 spiro atoms. The lowest BCUT2D eigenvalue weighted by Gasteiger charge is -2.19. The van der Waals surface area contributed by atoms with E-state index in [-0.39, 0.29) is 30.6 Å². The number of allylic oxidation sites excluding steroid dienone is 2. The molecule has 2 aliphatic rings. The van der Waals surface area contributed by atoms with Crippen molar-refractivity contribution in [2.24, 2.45) is 0 Å². The second-order valence-corrected chi connectivity index (χ2v) is 11.0. The fourth-order valence-corrected chi connectivity index (χ4v) is 5.71. The molecule has 0 aromatic heterocycles. The molecule has 1 fully saturated rings. The number of phenolic OH excluding ortho intramolecular Hbond substituents is 1. The molecular formula is C30H38N2O7P+. The normalized spacial score (nSPS) is 17.7. The predicted molar refractivity (Wildman–Crippen MR) is 152 cm³/mol. The van der Waals surface area contributed by atoms with Crippen LogP contribution in [0.4, 0.5) is 0 Å². The highest BCUT2D eigenvalue weighted by atomic mass is 31.1. The van der Waals surface area contributed by atoms with Crippen LogP contribution in [0.5, 0.6) is 11.5 Å². The van der Waals surface area contributed by atoms with E-state index in [2.05, 4.69) is 5.32 Å². The molecule has 2 N–H and O–H groups in total. The molecule has 0 radical (unpaired) electrons. The molecule has 3 atom stereocenters. The smallest absolute Gasteiger partial charge is 0.457 e. The number of hydrogen-bond donors (Lipinski definition) is 2. The van der Waals surface area contributed by atoms with Crippen LogP contribution >= 0.6 is 8.61 Å². The number of cyclic esters (lactones) is 1. The third-order valence-corrected chi connectivity index (χ3v) is 8.32. The molecule has 2 aromatic carbocycles. The van der Waals surface area contributed by atoms with Crippen LogP contribution in [0, 0.1) is 6.92 Å². The van der Waals surface area contributed by atoms with Gasteiger partial charge in [-0.1, -0.05) is 36.8 Å². The van der Waals surface area contributed by atoms with Crippen molar-refractivity contribution in [3.63, 3.8) is 0 Å². The van der Waals surface area contributed by atoms with Gasteiger partial charge >= 0.3 is 20.5 Å². The number of hydroxylamine groups is 1. The first-order valence-electron chi connectivity index (χ1n) is 13.8. The summed E-state index contributed by atoms with van der Waals surface area (Å²) in [6.45, 7) is 8.98. The van der Waals surface area contributed by atoms with Gasteiger partial charge in [0.1, 0.15) is 24.5 Å². The Morgan fingerprint density at radius 3 is 2.80 bits per heavy atom. The molecule has 10 heteroatoms. The first-order chi connectivity index (χ1) is 19.2. The molecule has 0 saturated carbocycles. The molecule has 2 heterocycles. The van der Waals surface area contributed by atoms with Crippen molar-refractivity contribution in [2.75, 3.05) is 13.2 Å². The molecule has 9 nitrogen and oxygen atoms in total. The van der Waals surface area contributed by atoms with Crippen molar-refractivity contribution in [1.82, 2.24) is 10.2 Å². The van der Waals surface area contributed by atoms with Crippen molar-refractivity contribution >= 4 is 20.5 Å². The number of nitrogens with zero attached hydrogens (tertiary/aromatic N) is 1. The maximum atomic E-state index is 12.6. The van der Waals surface area contributed by atoms with Gasteiger partial charge in [0, 0.05) is 22.7 Å². The summed E-state index contributed by atoms with van der Waals surface area (Å²) in [5.41, 5.74) is 5.67. The predicted octanol–water partition coefficient (Wildman–Crippen LogP) is 4.88. The van der Waals surface area contributed by atoms with Crippen LogP contribution in [0.2, 0.25) is 0 Å². The zero-order valence-corrected chi connectivity index (χ0v) is 24.5. The van der Waals surface area contributed by atoms with Gasteiger partial charge < -0.3 is 24.7 Å². The van der Waals surface area contributed by atoms with E-state index in [1.807, 2.05) is 45.0 Å². The van der Waals surface area contributed by atoms with E-state index in [1.54, 1.807) is 13.0 Å². The van der Waals surface area contributed by atoms with E-state index in [9.17, 15) is 19.3 Å². The van der Waals surface area contributed by atoms with Crippen LogP contribution in [0.3, 0.4) is 0 Å². The molecule has 1 unspecified atom stereocenters. The fourth-order valence-electron chi connectivity index (χ4n) is 5.31. The first kappa shape index (κ1) is 29.7. The number of carbonyl (C=O) groups is 2. The van der Waals surface area contributed by atoms with E-state index >= 15 is 0 Å². The topological polar surface area (TPSA) is 114 Å². The van der Waals surface area contributed by atoms with Gasteiger partial charge in [-0.25, -0.2) is 4.79 Å². The van der Waals surface area contributed by atoms with E-state index in [1.165, 1.54) is 0 Å². The summed E-state index contributed by atoms with van der Waals surface area (Å²) in [5, 5.41) is 14.2. The number of phenols is 1. The number of aromatic hydroxyl groups is 1. The Hall–Kier alpha value is -3.26. The minimum Gasteiger partial charge on any atom is -0.507 e. The SMILES string of the molecule is CCc1c(C)c2c(c(O)c1CC=C(C)Cc1ccccc1ON([PH+]=O)[C@@H](C)C(=O)OC[C@@H]1CCCN1)C(=O)OC2. The molecule has 1 saturated heterocycles. The van der Waals surface area contributed by atoms with E-state index in [0.717, 1.165) is 64.0 Å². The highest BCUT2D eigenvalue weighted by molar-refractivity contribution is 7.20. The van der Waals surface area contributed by atoms with Crippen molar-refractivity contribution in [3.8, 4) is 11.5 Å². The maximum Gasteiger partial charge on any atom is 0.457 e. The van der Waals surface area contributed by atoms with Crippen LogP contribution in [0.25, 0.3) is 0 Å². The lowest BCUT2D eigenvalue weighted by atomic mass is 9.89. The molecule has 0 aliphatic carbocycles. The average molecular weight is 570 g/mol. The average Bonchev–Trinajstić information content (AvgIpc) is 3.62. The molecular weight excluding hydrogens is 531 g/mol. The quantitative estimate of drug-likeness (QED) is 0.160. The summed E-state index contributed by atoms with van der Waals surface area (Å²) in [5.74, 6) is -0.484. The number of benzene rings is 2. The van der Waals surface area contributed by atoms with Crippen LogP contribution in [0.1, 0.15) is 71.8 Å². The number of hydrogen-bond acceptors (Lipinski definition) is 8. The third-order valence-electron chi connectivity index (χ3n) is 7.66. The monoisotopic (exact) mass is 569 g/mol. The summed E-state index contributed by atoms with van der Waals surface area (Å²) < 4.78 is 22.6. The van der Waals surface area contributed by atoms with E-state index in [0.29, 0.717) is 18.6 Å². The largest absolute Gasteiger partial charge is 0.507 e. The van der Waals surface area contributed by atoms with Crippen molar-refractivity contribution in [1.29, 1.82) is 0 Å². The zero-order valence-electron chi connectivity index (χ0n) is 23.5. The molecule has 2 aromatic rings. The Bertz CT molecular complexity index is 1300. The highest BCUT2D eigenvalue weighted by Gasteiger charge is 2.33. The maximum absolute atomic E-state index is 12.6. The van der Waals surface area contributed by atoms with Crippen molar-refractivity contribution < 1.29 is 33.6 Å². The number of ether oxygens (including phenoxy) is 2. The molecule has 4 rings (SSSR count). The van der Waals surface area contributed by atoms with E-state index < -0.39 is 26.6 Å². The Morgan fingerprint density at radius 1 is 1.32 bits per heavy atom. The van der Waals surface area contributed by atoms with Gasteiger partial charge in [-0.15, -0.1) is 0 Å². The lowest BCUT2D eigenvalue weighted by Crippen LogP contribution is -2.38. The second-order valence-electron chi connectivity index (χ2n) is 10.4. The third kappa shape index (κ3) is 6.54. The number of nitrogens with one attached hydrogen (secondary N) is 1. The Labute approximate surface area is 236 Å². The summed E-state index contributed by atoms with van der Waals surface area (Å²) in [6, 6.07) is 6.69. The standard InChI is InChI=1S/C30H37N2O7P/c1-5-23-19(3)25-17-38-30(35)27(25)28(33)24(23)13-12-18(2)15-21-9-6-7-11-26(21)39-32(40-36)20(4)29(34)37-16-22-10-8-14-31-22/h6-7,9,11-12,20,22,31,33H,5,8,10,13-17H2,1-4H3/p+1/t20-,22-/m0/s1. The first-order valence-corrected chi connectivity index (χ1v) is 14.6. The van der Waals surface area contributed by atoms with Gasteiger partial charge in [-0.3, -0.25) is 4.79 Å². The number of esters is 2. The van der Waals surface area contributed by atoms with Crippen molar-refractivity contribution in [3.05, 3.63) is 69.3 Å². The Morgan fingerprint density at radius 2 is 2.10 bits per heavy atom. The van der Waals surface area contributed by atoms with Gasteiger partial charge in [0.05, 0.1) is 4.83 Å².